The fourth-order valence-corrected chi connectivity index (χ4v) is 3.75. The molecule has 4 heteroatoms. The van der Waals surface area contributed by atoms with Crippen molar-refractivity contribution in [1.29, 1.82) is 0 Å². The molecule has 0 bridgehead atoms. The third kappa shape index (κ3) is 4.32. The third-order valence-electron chi connectivity index (χ3n) is 3.95. The topological polar surface area (TPSA) is 49.3 Å². The third-order valence-corrected chi connectivity index (χ3v) is 4.94. The minimum atomic E-state index is -0.762. The summed E-state index contributed by atoms with van der Waals surface area (Å²) in [7, 11) is 0. The Labute approximate surface area is 125 Å². The van der Waals surface area contributed by atoms with E-state index >= 15 is 0 Å². The molecule has 1 fully saturated rings. The van der Waals surface area contributed by atoms with E-state index < -0.39 is 5.60 Å². The van der Waals surface area contributed by atoms with Crippen LogP contribution in [-0.2, 0) is 4.79 Å². The average Bonchev–Trinajstić information content (AvgIpc) is 2.98. The van der Waals surface area contributed by atoms with Gasteiger partial charge in [-0.3, -0.25) is 4.79 Å². The Morgan fingerprint density at radius 1 is 1.45 bits per heavy atom. The number of amides is 1. The van der Waals surface area contributed by atoms with E-state index in [9.17, 15) is 9.90 Å². The van der Waals surface area contributed by atoms with Gasteiger partial charge in [0.25, 0.3) is 0 Å². The standard InChI is InChI=1S/C16H25NO2S/c1-12(2)10-13(14-6-5-9-20-14)17-15(18)11-16(19)7-3-4-8-16/h5-6,9,12-13,19H,3-4,7-8,10-11H2,1-2H3,(H,17,18). The van der Waals surface area contributed by atoms with Crippen LogP contribution >= 0.6 is 11.3 Å². The molecule has 2 rings (SSSR count). The molecule has 1 atom stereocenters. The highest BCUT2D eigenvalue weighted by molar-refractivity contribution is 7.10. The van der Waals surface area contributed by atoms with Gasteiger partial charge < -0.3 is 10.4 Å². The fraction of sp³-hybridized carbons (Fsp3) is 0.688. The number of aliphatic hydroxyl groups is 1. The zero-order chi connectivity index (χ0) is 14.6. The van der Waals surface area contributed by atoms with Crippen molar-refractivity contribution < 1.29 is 9.90 Å². The monoisotopic (exact) mass is 295 g/mol. The van der Waals surface area contributed by atoms with Crippen molar-refractivity contribution in [2.75, 3.05) is 0 Å². The van der Waals surface area contributed by atoms with Crippen molar-refractivity contribution in [3.63, 3.8) is 0 Å². The molecule has 1 aliphatic rings. The van der Waals surface area contributed by atoms with Crippen LogP contribution in [0.1, 0.15) is 63.3 Å². The van der Waals surface area contributed by atoms with Gasteiger partial charge in [-0.05, 0) is 36.6 Å². The summed E-state index contributed by atoms with van der Waals surface area (Å²) in [6, 6.07) is 4.17. The van der Waals surface area contributed by atoms with Gasteiger partial charge in [-0.2, -0.15) is 0 Å². The van der Waals surface area contributed by atoms with E-state index in [-0.39, 0.29) is 18.4 Å². The van der Waals surface area contributed by atoms with E-state index in [0.29, 0.717) is 5.92 Å². The number of thiophene rings is 1. The van der Waals surface area contributed by atoms with Crippen molar-refractivity contribution in [3.8, 4) is 0 Å². The molecule has 1 aromatic rings. The molecule has 1 aliphatic carbocycles. The molecule has 0 saturated heterocycles. The first kappa shape index (κ1) is 15.5. The van der Waals surface area contributed by atoms with Crippen LogP contribution in [0.2, 0.25) is 0 Å². The van der Waals surface area contributed by atoms with Crippen LogP contribution in [0.15, 0.2) is 17.5 Å². The van der Waals surface area contributed by atoms with Crippen LogP contribution in [0.25, 0.3) is 0 Å². The first-order valence-corrected chi connectivity index (χ1v) is 8.42. The predicted molar refractivity (Wildman–Crippen MR) is 82.7 cm³/mol. The van der Waals surface area contributed by atoms with E-state index in [2.05, 4.69) is 25.2 Å². The van der Waals surface area contributed by atoms with Crippen LogP contribution in [0, 0.1) is 5.92 Å². The van der Waals surface area contributed by atoms with Crippen molar-refractivity contribution in [2.45, 2.75) is 64.0 Å². The molecule has 0 aromatic carbocycles. The number of rotatable bonds is 6. The number of hydrogen-bond donors (Lipinski definition) is 2. The highest BCUT2D eigenvalue weighted by Gasteiger charge is 2.34. The van der Waals surface area contributed by atoms with Crippen LogP contribution < -0.4 is 5.32 Å². The molecule has 3 nitrogen and oxygen atoms in total. The quantitative estimate of drug-likeness (QED) is 0.841. The molecule has 20 heavy (non-hydrogen) atoms. The van der Waals surface area contributed by atoms with Gasteiger partial charge in [0.15, 0.2) is 0 Å². The second kappa shape index (κ2) is 6.72. The maximum Gasteiger partial charge on any atom is 0.223 e. The molecule has 1 aromatic heterocycles. The molecule has 1 amide bonds. The van der Waals surface area contributed by atoms with Gasteiger partial charge in [0.1, 0.15) is 0 Å². The van der Waals surface area contributed by atoms with E-state index in [1.807, 2.05) is 11.4 Å². The van der Waals surface area contributed by atoms with E-state index in [1.54, 1.807) is 11.3 Å². The van der Waals surface area contributed by atoms with Gasteiger partial charge in [0.05, 0.1) is 18.1 Å². The molecule has 0 spiro atoms. The number of carbonyl (C=O) groups excluding carboxylic acids is 1. The lowest BCUT2D eigenvalue weighted by molar-refractivity contribution is -0.126. The van der Waals surface area contributed by atoms with Gasteiger partial charge in [0.2, 0.25) is 5.91 Å². The summed E-state index contributed by atoms with van der Waals surface area (Å²) in [6.45, 7) is 4.33. The first-order valence-electron chi connectivity index (χ1n) is 7.54. The molecule has 1 heterocycles. The zero-order valence-corrected chi connectivity index (χ0v) is 13.2. The van der Waals surface area contributed by atoms with Crippen LogP contribution in [0.5, 0.6) is 0 Å². The van der Waals surface area contributed by atoms with Gasteiger partial charge in [0, 0.05) is 4.88 Å². The molecule has 1 unspecified atom stereocenters. The number of hydrogen-bond acceptors (Lipinski definition) is 3. The van der Waals surface area contributed by atoms with Crippen LogP contribution in [-0.4, -0.2) is 16.6 Å². The molecule has 0 radical (unpaired) electrons. The normalized spacial score (nSPS) is 19.2. The summed E-state index contributed by atoms with van der Waals surface area (Å²) in [5.74, 6) is 0.505. The Bertz CT molecular complexity index is 422. The lowest BCUT2D eigenvalue weighted by Gasteiger charge is -2.24. The summed E-state index contributed by atoms with van der Waals surface area (Å²) in [5, 5.41) is 15.5. The maximum atomic E-state index is 12.2. The smallest absolute Gasteiger partial charge is 0.223 e. The van der Waals surface area contributed by atoms with Crippen LogP contribution in [0.3, 0.4) is 0 Å². The minimum Gasteiger partial charge on any atom is -0.389 e. The number of nitrogens with one attached hydrogen (secondary N) is 1. The Morgan fingerprint density at radius 2 is 2.15 bits per heavy atom. The summed E-state index contributed by atoms with van der Waals surface area (Å²) in [5.41, 5.74) is -0.762. The van der Waals surface area contributed by atoms with Crippen molar-refractivity contribution >= 4 is 17.2 Å². The highest BCUT2D eigenvalue weighted by Crippen LogP contribution is 2.33. The second-order valence-electron chi connectivity index (χ2n) is 6.37. The van der Waals surface area contributed by atoms with Crippen molar-refractivity contribution in [3.05, 3.63) is 22.4 Å². The largest absolute Gasteiger partial charge is 0.389 e. The average molecular weight is 295 g/mol. The Hall–Kier alpha value is -0.870. The van der Waals surface area contributed by atoms with Crippen LogP contribution in [0.4, 0.5) is 0 Å². The first-order chi connectivity index (χ1) is 9.48. The minimum absolute atomic E-state index is 0.0200. The molecular formula is C16H25NO2S. The molecule has 0 aliphatic heterocycles. The summed E-state index contributed by atoms with van der Waals surface area (Å²) in [4.78, 5) is 13.4. The number of carbonyl (C=O) groups is 1. The highest BCUT2D eigenvalue weighted by atomic mass is 32.1. The summed E-state index contributed by atoms with van der Waals surface area (Å²) < 4.78 is 0. The van der Waals surface area contributed by atoms with Gasteiger partial charge in [-0.1, -0.05) is 32.8 Å². The Balaban J connectivity index is 1.95. The van der Waals surface area contributed by atoms with E-state index in [1.165, 1.54) is 4.88 Å². The predicted octanol–water partition coefficient (Wildman–Crippen LogP) is 3.65. The van der Waals surface area contributed by atoms with Gasteiger partial charge in [-0.25, -0.2) is 0 Å². The molecule has 2 N–H and O–H groups in total. The van der Waals surface area contributed by atoms with Crippen molar-refractivity contribution in [1.82, 2.24) is 5.32 Å². The van der Waals surface area contributed by atoms with E-state index in [4.69, 9.17) is 0 Å². The SMILES string of the molecule is CC(C)CC(NC(=O)CC1(O)CCCC1)c1cccs1. The van der Waals surface area contributed by atoms with Crippen molar-refractivity contribution in [2.24, 2.45) is 5.92 Å². The van der Waals surface area contributed by atoms with Gasteiger partial charge >= 0.3 is 0 Å². The maximum absolute atomic E-state index is 12.2. The molecular weight excluding hydrogens is 270 g/mol. The molecule has 112 valence electrons. The Kier molecular flexibility index (Phi) is 5.22. The molecule has 1 saturated carbocycles. The zero-order valence-electron chi connectivity index (χ0n) is 12.4. The van der Waals surface area contributed by atoms with Gasteiger partial charge in [-0.15, -0.1) is 11.3 Å². The second-order valence-corrected chi connectivity index (χ2v) is 7.35. The summed E-state index contributed by atoms with van der Waals surface area (Å²) >= 11 is 1.68. The lowest BCUT2D eigenvalue weighted by atomic mass is 9.96. The summed E-state index contributed by atoms with van der Waals surface area (Å²) in [6.07, 6.45) is 4.76. The lowest BCUT2D eigenvalue weighted by Crippen LogP contribution is -2.36. The van der Waals surface area contributed by atoms with E-state index in [0.717, 1.165) is 32.1 Å². The Morgan fingerprint density at radius 3 is 2.70 bits per heavy atom. The fourth-order valence-electron chi connectivity index (χ4n) is 2.96.